The normalized spacial score (nSPS) is 15.7. The molecule has 0 aromatic heterocycles. The third kappa shape index (κ3) is 4.11. The molecule has 0 fully saturated rings. The van der Waals surface area contributed by atoms with Crippen molar-refractivity contribution in [1.29, 1.82) is 0 Å². The zero-order chi connectivity index (χ0) is 20.9. The molecule has 2 atom stereocenters. The van der Waals surface area contributed by atoms with Crippen molar-refractivity contribution < 1.29 is 24.3 Å². The molecule has 2 amide bonds. The first-order valence-electron chi connectivity index (χ1n) is 9.44. The highest BCUT2D eigenvalue weighted by Gasteiger charge is 2.28. The van der Waals surface area contributed by atoms with Crippen molar-refractivity contribution >= 4 is 17.5 Å². The molecule has 0 spiro atoms. The molecule has 3 aromatic carbocycles. The van der Waals surface area contributed by atoms with Gasteiger partial charge in [0.2, 0.25) is 6.10 Å². The van der Waals surface area contributed by atoms with Gasteiger partial charge in [0.15, 0.2) is 11.5 Å². The fourth-order valence-electron chi connectivity index (χ4n) is 3.37. The van der Waals surface area contributed by atoms with Crippen LogP contribution in [0.1, 0.15) is 17.0 Å². The zero-order valence-corrected chi connectivity index (χ0v) is 15.9. The van der Waals surface area contributed by atoms with Crippen LogP contribution in [0, 0.1) is 0 Å². The lowest BCUT2D eigenvalue weighted by molar-refractivity contribution is -0.129. The van der Waals surface area contributed by atoms with Gasteiger partial charge in [0, 0.05) is 5.69 Å². The summed E-state index contributed by atoms with van der Waals surface area (Å²) in [4.78, 5) is 25.0. The summed E-state index contributed by atoms with van der Waals surface area (Å²) in [5.41, 5.74) is 3.56. The van der Waals surface area contributed by atoms with E-state index < -0.39 is 17.9 Å². The van der Waals surface area contributed by atoms with Crippen LogP contribution in [0.25, 0.3) is 0 Å². The predicted octanol–water partition coefficient (Wildman–Crippen LogP) is 3.10. The van der Waals surface area contributed by atoms with E-state index in [0.717, 1.165) is 0 Å². The molecule has 1 heterocycles. The minimum absolute atomic E-state index is 0.0993. The number of ether oxygens (including phenoxy) is 2. The molecule has 7 heteroatoms. The molecule has 7 nitrogen and oxygen atoms in total. The number of anilines is 1. The fraction of sp³-hybridized carbons (Fsp3) is 0.130. The van der Waals surface area contributed by atoms with Crippen LogP contribution in [-0.2, 0) is 9.59 Å². The second kappa shape index (κ2) is 8.67. The molecule has 3 aromatic rings. The van der Waals surface area contributed by atoms with E-state index in [1.165, 1.54) is 0 Å². The van der Waals surface area contributed by atoms with Gasteiger partial charge in [-0.2, -0.15) is 0 Å². The number of para-hydroxylation sites is 2. The molecule has 0 saturated heterocycles. The van der Waals surface area contributed by atoms with Gasteiger partial charge in [-0.25, -0.2) is 5.48 Å². The number of amides is 2. The maximum absolute atomic E-state index is 12.7. The van der Waals surface area contributed by atoms with Crippen LogP contribution in [0.15, 0.2) is 78.9 Å². The lowest BCUT2D eigenvalue weighted by atomic mass is 9.90. The molecule has 152 valence electrons. The summed E-state index contributed by atoms with van der Waals surface area (Å²) in [6.45, 7) is 0.0993. The van der Waals surface area contributed by atoms with Crippen LogP contribution in [0.4, 0.5) is 5.69 Å². The average molecular weight is 404 g/mol. The Kier molecular flexibility index (Phi) is 5.63. The van der Waals surface area contributed by atoms with Crippen molar-refractivity contribution in [2.45, 2.75) is 12.0 Å². The van der Waals surface area contributed by atoms with Crippen LogP contribution < -0.4 is 20.3 Å². The lowest BCUT2D eigenvalue weighted by Gasteiger charge is -2.25. The van der Waals surface area contributed by atoms with Crippen molar-refractivity contribution in [3.63, 3.8) is 0 Å². The number of hydrogen-bond acceptors (Lipinski definition) is 5. The van der Waals surface area contributed by atoms with Crippen molar-refractivity contribution in [2.24, 2.45) is 0 Å². The van der Waals surface area contributed by atoms with E-state index in [1.807, 2.05) is 30.3 Å². The van der Waals surface area contributed by atoms with Crippen molar-refractivity contribution in [3.05, 3.63) is 90.0 Å². The van der Waals surface area contributed by atoms with E-state index in [0.29, 0.717) is 28.3 Å². The summed E-state index contributed by atoms with van der Waals surface area (Å²) in [5, 5.41) is 12.0. The number of hydrogen-bond donors (Lipinski definition) is 3. The quantitative estimate of drug-likeness (QED) is 0.449. The Morgan fingerprint density at radius 1 is 0.900 bits per heavy atom. The van der Waals surface area contributed by atoms with Crippen LogP contribution in [-0.4, -0.2) is 29.7 Å². The number of hydroxylamine groups is 1. The molecule has 0 radical (unpaired) electrons. The van der Waals surface area contributed by atoms with Gasteiger partial charge >= 0.3 is 0 Å². The standard InChI is InChI=1S/C23H20N2O5/c26-22(20-14-29-18-11-4-5-12-19(18)30-20)24-17-10-6-9-16(13-17)21(23(27)25-28)15-7-2-1-3-8-15/h1-13,20-21,28H,14H2,(H,24,26)(H,25,27). The summed E-state index contributed by atoms with van der Waals surface area (Å²) < 4.78 is 11.3. The van der Waals surface area contributed by atoms with Crippen LogP contribution >= 0.6 is 0 Å². The van der Waals surface area contributed by atoms with E-state index in [2.05, 4.69) is 5.32 Å². The Morgan fingerprint density at radius 2 is 1.60 bits per heavy atom. The Labute approximate surface area is 173 Å². The number of nitrogens with one attached hydrogen (secondary N) is 2. The second-order valence-electron chi connectivity index (χ2n) is 6.80. The molecule has 1 aliphatic heterocycles. The number of carbonyl (C=O) groups excluding carboxylic acids is 2. The molecule has 3 N–H and O–H groups in total. The number of fused-ring (bicyclic) bond motifs is 1. The highest BCUT2D eigenvalue weighted by atomic mass is 16.6. The first-order valence-corrected chi connectivity index (χ1v) is 9.44. The highest BCUT2D eigenvalue weighted by molar-refractivity contribution is 5.95. The molecular formula is C23H20N2O5. The number of rotatable bonds is 5. The van der Waals surface area contributed by atoms with Gasteiger partial charge in [0.05, 0.1) is 5.92 Å². The third-order valence-electron chi connectivity index (χ3n) is 4.79. The highest BCUT2D eigenvalue weighted by Crippen LogP contribution is 2.31. The predicted molar refractivity (Wildman–Crippen MR) is 110 cm³/mol. The monoisotopic (exact) mass is 404 g/mol. The Morgan fingerprint density at radius 3 is 2.37 bits per heavy atom. The maximum Gasteiger partial charge on any atom is 0.269 e. The molecule has 30 heavy (non-hydrogen) atoms. The Bertz CT molecular complexity index is 1050. The largest absolute Gasteiger partial charge is 0.485 e. The van der Waals surface area contributed by atoms with Crippen molar-refractivity contribution in [2.75, 3.05) is 11.9 Å². The molecule has 0 aliphatic carbocycles. The Balaban J connectivity index is 1.53. The van der Waals surface area contributed by atoms with E-state index in [-0.39, 0.29) is 12.5 Å². The van der Waals surface area contributed by atoms with Gasteiger partial charge in [-0.3, -0.25) is 14.8 Å². The molecule has 2 unspecified atom stereocenters. The molecular weight excluding hydrogens is 384 g/mol. The van der Waals surface area contributed by atoms with Crippen molar-refractivity contribution in [1.82, 2.24) is 5.48 Å². The summed E-state index contributed by atoms with van der Waals surface area (Å²) in [5.74, 6) is -0.533. The van der Waals surface area contributed by atoms with E-state index in [9.17, 15) is 14.8 Å². The number of benzene rings is 3. The van der Waals surface area contributed by atoms with Gasteiger partial charge in [-0.15, -0.1) is 0 Å². The summed E-state index contributed by atoms with van der Waals surface area (Å²) in [6.07, 6.45) is -0.797. The minimum atomic E-state index is -0.797. The third-order valence-corrected chi connectivity index (χ3v) is 4.79. The van der Waals surface area contributed by atoms with Crippen LogP contribution in [0.3, 0.4) is 0 Å². The SMILES string of the molecule is O=C(Nc1cccc(C(C(=O)NO)c2ccccc2)c1)C1COc2ccccc2O1. The van der Waals surface area contributed by atoms with E-state index in [4.69, 9.17) is 9.47 Å². The molecule has 0 saturated carbocycles. The topological polar surface area (TPSA) is 96.9 Å². The smallest absolute Gasteiger partial charge is 0.269 e. The number of carbonyl (C=O) groups is 2. The first kappa shape index (κ1) is 19.5. The van der Waals surface area contributed by atoms with Gasteiger partial charge in [0.25, 0.3) is 11.8 Å². The maximum atomic E-state index is 12.7. The second-order valence-corrected chi connectivity index (χ2v) is 6.80. The van der Waals surface area contributed by atoms with E-state index in [1.54, 1.807) is 54.0 Å². The first-order chi connectivity index (χ1) is 14.7. The van der Waals surface area contributed by atoms with Crippen LogP contribution in [0.2, 0.25) is 0 Å². The lowest BCUT2D eigenvalue weighted by Crippen LogP contribution is -2.40. The van der Waals surface area contributed by atoms with Gasteiger partial charge in [-0.05, 0) is 35.4 Å². The van der Waals surface area contributed by atoms with Gasteiger partial charge in [0.1, 0.15) is 6.61 Å². The zero-order valence-electron chi connectivity index (χ0n) is 15.9. The summed E-state index contributed by atoms with van der Waals surface area (Å²) in [6, 6.07) is 23.2. The van der Waals surface area contributed by atoms with Gasteiger partial charge in [-0.1, -0.05) is 54.6 Å². The Hall–Kier alpha value is -3.84. The summed E-state index contributed by atoms with van der Waals surface area (Å²) >= 11 is 0. The van der Waals surface area contributed by atoms with E-state index >= 15 is 0 Å². The average Bonchev–Trinajstić information content (AvgIpc) is 2.79. The van der Waals surface area contributed by atoms with Crippen molar-refractivity contribution in [3.8, 4) is 11.5 Å². The summed E-state index contributed by atoms with van der Waals surface area (Å²) in [7, 11) is 0. The molecule has 4 rings (SSSR count). The van der Waals surface area contributed by atoms with Gasteiger partial charge < -0.3 is 14.8 Å². The van der Waals surface area contributed by atoms with Crippen LogP contribution in [0.5, 0.6) is 11.5 Å². The molecule has 1 aliphatic rings. The fourth-order valence-corrected chi connectivity index (χ4v) is 3.37. The minimum Gasteiger partial charge on any atom is -0.485 e. The molecule has 0 bridgehead atoms.